The minimum absolute atomic E-state index is 0.130. The van der Waals surface area contributed by atoms with Crippen molar-refractivity contribution in [2.45, 2.75) is 44.4 Å². The Morgan fingerprint density at radius 2 is 1.82 bits per heavy atom. The zero-order valence-corrected chi connectivity index (χ0v) is 18.3. The van der Waals surface area contributed by atoms with Crippen molar-refractivity contribution in [3.63, 3.8) is 0 Å². The Balaban J connectivity index is 0.000000383. The van der Waals surface area contributed by atoms with Gasteiger partial charge in [0.1, 0.15) is 0 Å². The van der Waals surface area contributed by atoms with E-state index >= 15 is 0 Å². The number of nitrogens with one attached hydrogen (secondary N) is 1. The van der Waals surface area contributed by atoms with Crippen LogP contribution in [0.15, 0.2) is 48.8 Å². The molecule has 0 spiro atoms. The lowest BCUT2D eigenvalue weighted by Gasteiger charge is -2.28. The van der Waals surface area contributed by atoms with Gasteiger partial charge in [0.15, 0.2) is 0 Å². The van der Waals surface area contributed by atoms with E-state index in [1.165, 1.54) is 31.5 Å². The highest BCUT2D eigenvalue weighted by Crippen LogP contribution is 2.28. The number of anilines is 2. The Bertz CT molecular complexity index is 938. The second kappa shape index (κ2) is 10.7. The molecule has 1 aromatic carbocycles. The zero-order chi connectivity index (χ0) is 24.0. The maximum atomic E-state index is 12.2. The quantitative estimate of drug-likeness (QED) is 0.711. The van der Waals surface area contributed by atoms with E-state index < -0.39 is 12.1 Å². The van der Waals surface area contributed by atoms with Gasteiger partial charge < -0.3 is 15.3 Å². The summed E-state index contributed by atoms with van der Waals surface area (Å²) in [5.74, 6) is -2.89. The fraction of sp³-hybridized carbons (Fsp3) is 0.435. The Morgan fingerprint density at radius 1 is 1.12 bits per heavy atom. The van der Waals surface area contributed by atoms with Crippen LogP contribution in [0.1, 0.15) is 36.5 Å². The number of carbonyl (C=O) groups is 2. The molecule has 2 N–H and O–H groups in total. The van der Waals surface area contributed by atoms with Gasteiger partial charge in [-0.15, -0.1) is 0 Å². The van der Waals surface area contributed by atoms with E-state index in [4.69, 9.17) is 9.90 Å². The van der Waals surface area contributed by atoms with Crippen molar-refractivity contribution in [3.8, 4) is 0 Å². The van der Waals surface area contributed by atoms with Gasteiger partial charge in [0.05, 0.1) is 5.56 Å². The third-order valence-corrected chi connectivity index (χ3v) is 5.89. The molecule has 178 valence electrons. The normalized spacial score (nSPS) is 20.8. The molecule has 2 fully saturated rings. The van der Waals surface area contributed by atoms with Gasteiger partial charge in [-0.25, -0.2) is 4.79 Å². The Hall–Kier alpha value is -3.14. The van der Waals surface area contributed by atoms with Gasteiger partial charge in [0.25, 0.3) is 5.91 Å². The molecule has 2 unspecified atom stereocenters. The van der Waals surface area contributed by atoms with Crippen molar-refractivity contribution in [3.05, 3.63) is 54.4 Å². The summed E-state index contributed by atoms with van der Waals surface area (Å²) in [6.45, 7) is 5.81. The average molecular weight is 464 g/mol. The molecule has 0 saturated carbocycles. The molecule has 0 bridgehead atoms. The number of hydrogen-bond donors (Lipinski definition) is 2. The molecule has 7 nitrogen and oxygen atoms in total. The standard InChI is InChI=1S/C21H26N4O.C2HF3O2/c1-16-4-3-12-25(16)20-10-13-24(15-20)19-8-6-18(7-9-19)23-21(26)17-5-2-11-22-14-17;3-2(4,5)1(6)7/h2,5-9,11,14,16,20H,3-4,10,12-13,15H2,1H3,(H,23,26);(H,6,7). The van der Waals surface area contributed by atoms with Crippen molar-refractivity contribution in [1.29, 1.82) is 0 Å². The molecule has 33 heavy (non-hydrogen) atoms. The molecule has 3 heterocycles. The van der Waals surface area contributed by atoms with E-state index in [0.29, 0.717) is 11.6 Å². The molecule has 2 saturated heterocycles. The summed E-state index contributed by atoms with van der Waals surface area (Å²) in [7, 11) is 0. The third-order valence-electron chi connectivity index (χ3n) is 5.89. The SMILES string of the molecule is CC1CCCN1C1CCN(c2ccc(NC(=O)c3cccnc3)cc2)C1.O=C(O)C(F)(F)F. The van der Waals surface area contributed by atoms with Crippen LogP contribution in [0.2, 0.25) is 0 Å². The summed E-state index contributed by atoms with van der Waals surface area (Å²) in [5, 5.41) is 10.1. The van der Waals surface area contributed by atoms with E-state index in [1.54, 1.807) is 24.5 Å². The van der Waals surface area contributed by atoms with Crippen LogP contribution in [0.25, 0.3) is 0 Å². The van der Waals surface area contributed by atoms with E-state index in [0.717, 1.165) is 24.8 Å². The average Bonchev–Trinajstić information content (AvgIpc) is 3.43. The Kier molecular flexibility index (Phi) is 7.91. The lowest BCUT2D eigenvalue weighted by atomic mass is 10.2. The number of aromatic nitrogens is 1. The number of carboxylic acid groups (broad SMARTS) is 1. The predicted octanol–water partition coefficient (Wildman–Crippen LogP) is 4.03. The summed E-state index contributed by atoms with van der Waals surface area (Å²) >= 11 is 0. The number of aliphatic carboxylic acids is 1. The molecule has 10 heteroatoms. The number of pyridine rings is 1. The van der Waals surface area contributed by atoms with Gasteiger partial charge in [0.2, 0.25) is 0 Å². The van der Waals surface area contributed by atoms with Crippen molar-refractivity contribution in [2.24, 2.45) is 0 Å². The first-order valence-corrected chi connectivity index (χ1v) is 10.8. The number of alkyl halides is 3. The number of likely N-dealkylation sites (tertiary alicyclic amines) is 1. The smallest absolute Gasteiger partial charge is 0.475 e. The van der Waals surface area contributed by atoms with Gasteiger partial charge in [-0.3, -0.25) is 14.7 Å². The van der Waals surface area contributed by atoms with Gasteiger partial charge in [-0.05, 0) is 69.1 Å². The maximum absolute atomic E-state index is 12.2. The van der Waals surface area contributed by atoms with Crippen molar-refractivity contribution >= 4 is 23.3 Å². The molecule has 0 aliphatic carbocycles. The molecule has 2 aliphatic heterocycles. The highest BCUT2D eigenvalue weighted by molar-refractivity contribution is 6.04. The third kappa shape index (κ3) is 6.67. The van der Waals surface area contributed by atoms with Crippen LogP contribution in [0.5, 0.6) is 0 Å². The summed E-state index contributed by atoms with van der Waals surface area (Å²) in [4.78, 5) is 30.2. The van der Waals surface area contributed by atoms with Crippen LogP contribution < -0.4 is 10.2 Å². The summed E-state index contributed by atoms with van der Waals surface area (Å²) < 4.78 is 31.7. The first kappa shape index (κ1) is 24.5. The van der Waals surface area contributed by atoms with Crippen LogP contribution in [-0.4, -0.2) is 64.8 Å². The summed E-state index contributed by atoms with van der Waals surface area (Å²) in [6.07, 6.45) is 2.07. The topological polar surface area (TPSA) is 85.8 Å². The number of carboxylic acids is 1. The van der Waals surface area contributed by atoms with E-state index in [1.807, 2.05) is 12.1 Å². The van der Waals surface area contributed by atoms with Gasteiger partial charge in [0, 0.05) is 48.9 Å². The van der Waals surface area contributed by atoms with Crippen LogP contribution >= 0.6 is 0 Å². The Morgan fingerprint density at radius 3 is 2.36 bits per heavy atom. The number of halogens is 3. The van der Waals surface area contributed by atoms with Gasteiger partial charge >= 0.3 is 12.1 Å². The van der Waals surface area contributed by atoms with Crippen LogP contribution in [-0.2, 0) is 4.79 Å². The fourth-order valence-electron chi connectivity index (χ4n) is 4.20. The minimum atomic E-state index is -5.08. The maximum Gasteiger partial charge on any atom is 0.490 e. The summed E-state index contributed by atoms with van der Waals surface area (Å²) in [5.41, 5.74) is 2.61. The second-order valence-electron chi connectivity index (χ2n) is 8.16. The number of amides is 1. The fourth-order valence-corrected chi connectivity index (χ4v) is 4.20. The number of nitrogens with zero attached hydrogens (tertiary/aromatic N) is 3. The van der Waals surface area contributed by atoms with Crippen molar-refractivity contribution in [1.82, 2.24) is 9.88 Å². The highest BCUT2D eigenvalue weighted by atomic mass is 19.4. The lowest BCUT2D eigenvalue weighted by molar-refractivity contribution is -0.192. The molecule has 0 radical (unpaired) electrons. The van der Waals surface area contributed by atoms with E-state index in [2.05, 4.69) is 39.2 Å². The van der Waals surface area contributed by atoms with Gasteiger partial charge in [-0.2, -0.15) is 13.2 Å². The number of rotatable bonds is 4. The largest absolute Gasteiger partial charge is 0.490 e. The van der Waals surface area contributed by atoms with Crippen LogP contribution in [0, 0.1) is 0 Å². The molecular weight excluding hydrogens is 437 g/mol. The highest BCUT2D eigenvalue weighted by Gasteiger charge is 2.38. The van der Waals surface area contributed by atoms with Crippen molar-refractivity contribution in [2.75, 3.05) is 29.9 Å². The molecule has 1 amide bonds. The zero-order valence-electron chi connectivity index (χ0n) is 18.3. The minimum Gasteiger partial charge on any atom is -0.475 e. The first-order valence-electron chi connectivity index (χ1n) is 10.8. The lowest BCUT2D eigenvalue weighted by Crippen LogP contribution is -2.39. The molecule has 2 atom stereocenters. The molecule has 1 aromatic heterocycles. The number of benzene rings is 1. The van der Waals surface area contributed by atoms with Crippen LogP contribution in [0.3, 0.4) is 0 Å². The molecule has 4 rings (SSSR count). The number of carbonyl (C=O) groups excluding carboxylic acids is 1. The van der Waals surface area contributed by atoms with Crippen molar-refractivity contribution < 1.29 is 27.9 Å². The predicted molar refractivity (Wildman–Crippen MR) is 118 cm³/mol. The Labute approximate surface area is 190 Å². The number of hydrogen-bond acceptors (Lipinski definition) is 5. The first-order chi connectivity index (χ1) is 15.6. The van der Waals surface area contributed by atoms with E-state index in [-0.39, 0.29) is 5.91 Å². The molecule has 2 aliphatic rings. The monoisotopic (exact) mass is 464 g/mol. The van der Waals surface area contributed by atoms with Crippen LogP contribution in [0.4, 0.5) is 24.5 Å². The second-order valence-corrected chi connectivity index (χ2v) is 8.16. The van der Waals surface area contributed by atoms with E-state index in [9.17, 15) is 18.0 Å². The molecule has 2 aromatic rings. The summed E-state index contributed by atoms with van der Waals surface area (Å²) in [6, 6.07) is 13.1. The molecular formula is C23H27F3N4O3. The van der Waals surface area contributed by atoms with Gasteiger partial charge in [-0.1, -0.05) is 0 Å².